The highest BCUT2D eigenvalue weighted by Gasteiger charge is 2.18. The predicted octanol–water partition coefficient (Wildman–Crippen LogP) is 2.66. The molecule has 0 radical (unpaired) electrons. The molecule has 0 fully saturated rings. The van der Waals surface area contributed by atoms with Gasteiger partial charge in [0.25, 0.3) is 0 Å². The normalized spacial score (nSPS) is 12.5. The maximum Gasteiger partial charge on any atom is 0.0663 e. The van der Waals surface area contributed by atoms with Gasteiger partial charge in [0.05, 0.1) is 17.3 Å². The van der Waals surface area contributed by atoms with Gasteiger partial charge < -0.3 is 15.4 Å². The monoisotopic (exact) mass is 256 g/mol. The third-order valence-corrected chi connectivity index (χ3v) is 3.16. The summed E-state index contributed by atoms with van der Waals surface area (Å²) in [6, 6.07) is 6.13. The minimum atomic E-state index is 0.273. The molecule has 0 bridgehead atoms. The van der Waals surface area contributed by atoms with Crippen LogP contribution in [0.25, 0.3) is 0 Å². The number of rotatable bonds is 6. The van der Waals surface area contributed by atoms with E-state index in [-0.39, 0.29) is 6.04 Å². The number of ether oxygens (including phenoxy) is 1. The Hall–Kier alpha value is -0.770. The van der Waals surface area contributed by atoms with Crippen LogP contribution in [0.15, 0.2) is 18.2 Å². The molecular weight excluding hydrogens is 236 g/mol. The van der Waals surface area contributed by atoms with Crippen molar-refractivity contribution in [2.45, 2.75) is 26.4 Å². The van der Waals surface area contributed by atoms with Crippen LogP contribution in [0.4, 0.5) is 5.69 Å². The first kappa shape index (κ1) is 14.3. The number of para-hydroxylation sites is 1. The zero-order chi connectivity index (χ0) is 12.8. The van der Waals surface area contributed by atoms with E-state index in [2.05, 4.69) is 18.7 Å². The van der Waals surface area contributed by atoms with Gasteiger partial charge in [0.1, 0.15) is 0 Å². The van der Waals surface area contributed by atoms with Crippen LogP contribution in [-0.2, 0) is 11.3 Å². The second-order valence-corrected chi connectivity index (χ2v) is 4.45. The number of hydrogen-bond donors (Lipinski definition) is 1. The van der Waals surface area contributed by atoms with E-state index in [1.165, 1.54) is 0 Å². The van der Waals surface area contributed by atoms with Gasteiger partial charge in [0.15, 0.2) is 0 Å². The molecule has 96 valence electrons. The van der Waals surface area contributed by atoms with Gasteiger partial charge in [-0.2, -0.15) is 0 Å². The van der Waals surface area contributed by atoms with Crippen molar-refractivity contribution in [2.24, 2.45) is 5.73 Å². The first-order chi connectivity index (χ1) is 8.15. The molecule has 1 aromatic carbocycles. The summed E-state index contributed by atoms with van der Waals surface area (Å²) < 4.78 is 5.21. The molecule has 0 aromatic heterocycles. The van der Waals surface area contributed by atoms with Crippen molar-refractivity contribution in [3.8, 4) is 0 Å². The lowest BCUT2D eigenvalue weighted by Crippen LogP contribution is -2.37. The third kappa shape index (κ3) is 3.35. The summed E-state index contributed by atoms with van der Waals surface area (Å²) >= 11 is 6.29. The third-order valence-electron chi connectivity index (χ3n) is 2.86. The summed E-state index contributed by atoms with van der Waals surface area (Å²) in [6.07, 6.45) is 0. The molecule has 1 atom stereocenters. The number of nitrogens with two attached hydrogens (primary N) is 1. The zero-order valence-electron chi connectivity index (χ0n) is 10.7. The molecule has 0 aliphatic carbocycles. The number of hydrogen-bond acceptors (Lipinski definition) is 3. The van der Waals surface area contributed by atoms with Crippen LogP contribution in [0.2, 0.25) is 5.02 Å². The molecule has 0 spiro atoms. The molecule has 0 heterocycles. The Morgan fingerprint density at radius 2 is 2.18 bits per heavy atom. The molecule has 17 heavy (non-hydrogen) atoms. The fourth-order valence-corrected chi connectivity index (χ4v) is 2.37. The Bertz CT molecular complexity index is 357. The van der Waals surface area contributed by atoms with Gasteiger partial charge in [-0.1, -0.05) is 23.7 Å². The summed E-state index contributed by atoms with van der Waals surface area (Å²) in [5.41, 5.74) is 7.87. The maximum absolute atomic E-state index is 6.29. The van der Waals surface area contributed by atoms with Gasteiger partial charge in [-0.15, -0.1) is 0 Å². The van der Waals surface area contributed by atoms with Gasteiger partial charge in [-0.05, 0) is 25.5 Å². The van der Waals surface area contributed by atoms with Crippen molar-refractivity contribution in [1.82, 2.24) is 0 Å². The number of halogens is 1. The number of nitrogens with zero attached hydrogens (tertiary/aromatic N) is 1. The molecule has 2 N–H and O–H groups in total. The fourth-order valence-electron chi connectivity index (χ4n) is 2.07. The van der Waals surface area contributed by atoms with Crippen LogP contribution in [0, 0.1) is 0 Å². The molecule has 1 unspecified atom stereocenters. The number of likely N-dealkylation sites (N-methyl/N-ethyl adjacent to an activating group) is 1. The summed E-state index contributed by atoms with van der Waals surface area (Å²) in [5, 5.41) is 0.748. The van der Waals surface area contributed by atoms with E-state index >= 15 is 0 Å². The van der Waals surface area contributed by atoms with Crippen molar-refractivity contribution in [3.05, 3.63) is 28.8 Å². The molecular formula is C13H21ClN2O. The van der Waals surface area contributed by atoms with Crippen molar-refractivity contribution in [1.29, 1.82) is 0 Å². The number of benzene rings is 1. The average molecular weight is 257 g/mol. The lowest BCUT2D eigenvalue weighted by atomic mass is 10.1. The second kappa shape index (κ2) is 6.84. The molecule has 1 aromatic rings. The van der Waals surface area contributed by atoms with Gasteiger partial charge in [-0.3, -0.25) is 0 Å². The lowest BCUT2D eigenvalue weighted by molar-refractivity contribution is 0.182. The van der Waals surface area contributed by atoms with E-state index in [1.54, 1.807) is 7.11 Å². The van der Waals surface area contributed by atoms with Crippen molar-refractivity contribution in [2.75, 3.05) is 25.2 Å². The van der Waals surface area contributed by atoms with E-state index in [0.717, 1.165) is 22.8 Å². The van der Waals surface area contributed by atoms with Gasteiger partial charge >= 0.3 is 0 Å². The van der Waals surface area contributed by atoms with E-state index in [4.69, 9.17) is 22.1 Å². The summed E-state index contributed by atoms with van der Waals surface area (Å²) in [4.78, 5) is 2.23. The first-order valence-electron chi connectivity index (χ1n) is 5.88. The highest BCUT2D eigenvalue weighted by atomic mass is 35.5. The quantitative estimate of drug-likeness (QED) is 0.851. The van der Waals surface area contributed by atoms with E-state index in [1.807, 2.05) is 18.2 Å². The van der Waals surface area contributed by atoms with E-state index < -0.39 is 0 Å². The van der Waals surface area contributed by atoms with Crippen LogP contribution >= 0.6 is 11.6 Å². The minimum absolute atomic E-state index is 0.273. The molecule has 0 aliphatic heterocycles. The smallest absolute Gasteiger partial charge is 0.0663 e. The fraction of sp³-hybridized carbons (Fsp3) is 0.538. The van der Waals surface area contributed by atoms with Crippen molar-refractivity contribution in [3.63, 3.8) is 0 Å². The Kier molecular flexibility index (Phi) is 5.75. The van der Waals surface area contributed by atoms with Gasteiger partial charge in [-0.25, -0.2) is 0 Å². The van der Waals surface area contributed by atoms with Crippen LogP contribution in [-0.4, -0.2) is 26.3 Å². The van der Waals surface area contributed by atoms with Crippen LogP contribution < -0.4 is 10.6 Å². The Labute approximate surface area is 109 Å². The van der Waals surface area contributed by atoms with Crippen molar-refractivity contribution < 1.29 is 4.74 Å². The van der Waals surface area contributed by atoms with Crippen LogP contribution in [0.1, 0.15) is 19.4 Å². The molecule has 0 amide bonds. The van der Waals surface area contributed by atoms with E-state index in [0.29, 0.717) is 13.2 Å². The second-order valence-electron chi connectivity index (χ2n) is 4.04. The molecule has 0 aliphatic rings. The Balaban J connectivity index is 3.10. The topological polar surface area (TPSA) is 38.5 Å². The molecule has 4 heteroatoms. The summed E-state index contributed by atoms with van der Waals surface area (Å²) in [7, 11) is 1.71. The standard InChI is InChI=1S/C13H21ClN2O/c1-4-16(10(2)9-17-3)13-11(8-15)6-5-7-12(13)14/h5-7,10H,4,8-9,15H2,1-3H3. The SMILES string of the molecule is CCN(c1c(Cl)cccc1CN)C(C)COC. The summed E-state index contributed by atoms with van der Waals surface area (Å²) in [6.45, 7) is 6.27. The van der Waals surface area contributed by atoms with Gasteiger partial charge in [0.2, 0.25) is 0 Å². The predicted molar refractivity (Wildman–Crippen MR) is 73.7 cm³/mol. The largest absolute Gasteiger partial charge is 0.383 e. The van der Waals surface area contributed by atoms with Crippen molar-refractivity contribution >= 4 is 17.3 Å². The minimum Gasteiger partial charge on any atom is -0.383 e. The highest BCUT2D eigenvalue weighted by Crippen LogP contribution is 2.31. The van der Waals surface area contributed by atoms with Gasteiger partial charge in [0, 0.05) is 26.2 Å². The zero-order valence-corrected chi connectivity index (χ0v) is 11.5. The van der Waals surface area contributed by atoms with Crippen LogP contribution in [0.5, 0.6) is 0 Å². The molecule has 3 nitrogen and oxygen atoms in total. The van der Waals surface area contributed by atoms with Crippen LogP contribution in [0.3, 0.4) is 0 Å². The first-order valence-corrected chi connectivity index (χ1v) is 6.26. The maximum atomic E-state index is 6.29. The molecule has 0 saturated carbocycles. The number of methoxy groups -OCH3 is 1. The molecule has 0 saturated heterocycles. The Morgan fingerprint density at radius 3 is 2.71 bits per heavy atom. The van der Waals surface area contributed by atoms with E-state index in [9.17, 15) is 0 Å². The lowest BCUT2D eigenvalue weighted by Gasteiger charge is -2.32. The number of anilines is 1. The Morgan fingerprint density at radius 1 is 1.47 bits per heavy atom. The molecule has 1 rings (SSSR count). The average Bonchev–Trinajstić information content (AvgIpc) is 2.32. The summed E-state index contributed by atoms with van der Waals surface area (Å²) in [5.74, 6) is 0. The highest BCUT2D eigenvalue weighted by molar-refractivity contribution is 6.33.